The van der Waals surface area contributed by atoms with Gasteiger partial charge in [-0.3, -0.25) is 0 Å². The van der Waals surface area contributed by atoms with E-state index in [4.69, 9.17) is 0 Å². The second-order valence-corrected chi connectivity index (χ2v) is 46.1. The molecule has 16 aromatic rings. The van der Waals surface area contributed by atoms with Crippen molar-refractivity contribution < 1.29 is 81.7 Å². The van der Waals surface area contributed by atoms with E-state index in [2.05, 4.69) is 539 Å². The van der Waals surface area contributed by atoms with E-state index >= 15 is 0 Å². The van der Waals surface area contributed by atoms with Gasteiger partial charge >= 0.3 is 52.4 Å². The van der Waals surface area contributed by atoms with Crippen molar-refractivity contribution >= 4 is 253 Å². The molecule has 0 saturated heterocycles. The van der Waals surface area contributed by atoms with Gasteiger partial charge in [-0.25, -0.2) is 0 Å². The van der Waals surface area contributed by atoms with Crippen LogP contribution in [0.15, 0.2) is 485 Å². The molecule has 0 spiro atoms. The van der Waals surface area contributed by atoms with Crippen LogP contribution < -0.4 is 84.9 Å². The quantitative estimate of drug-likeness (QED) is 0.0668. The third-order valence-corrected chi connectivity index (χ3v) is 38.5. The van der Waals surface area contributed by atoms with Crippen LogP contribution >= 0.6 is 63.4 Å². The van der Waals surface area contributed by atoms with E-state index in [0.717, 1.165) is 0 Å². The van der Waals surface area contributed by atoms with E-state index in [9.17, 15) is 0 Å². The Morgan fingerprint density at radius 3 is 0.183 bits per heavy atom. The Morgan fingerprint density at radius 1 is 0.100 bits per heavy atom. The molecule has 16 rings (SSSR count). The zero-order valence-corrected chi connectivity index (χ0v) is 98.3. The fourth-order valence-electron chi connectivity index (χ4n) is 12.3. The van der Waals surface area contributed by atoms with Crippen LogP contribution in [0.4, 0.5) is 0 Å². The summed E-state index contributed by atoms with van der Waals surface area (Å²) in [5, 5.41) is 23.6. The van der Waals surface area contributed by atoms with Crippen molar-refractivity contribution in [1.29, 1.82) is 0 Å². The summed E-state index contributed by atoms with van der Waals surface area (Å²) in [6, 6.07) is 172. The molecule has 16 aromatic carbocycles. The minimum Gasteiger partial charge on any atom is 0 e. The van der Waals surface area contributed by atoms with Gasteiger partial charge in [-0.1, -0.05) is 291 Å². The van der Waals surface area contributed by atoms with Crippen LogP contribution in [0.3, 0.4) is 0 Å². The second kappa shape index (κ2) is 69.2. The summed E-state index contributed by atoms with van der Waals surface area (Å²) >= 11 is 0. The Morgan fingerprint density at radius 2 is 0.142 bits per heavy atom. The molecule has 0 aliphatic heterocycles. The van der Waals surface area contributed by atoms with E-state index in [1.807, 2.05) is 0 Å². The van der Waals surface area contributed by atoms with Crippen LogP contribution in [-0.4, -0.2) is 158 Å². The molecule has 0 fully saturated rings. The number of rotatable bonds is 16. The zero-order valence-electron chi connectivity index (χ0n) is 69.3. The van der Waals surface area contributed by atoms with Gasteiger partial charge in [0, 0.05) is 134 Å². The van der Waals surface area contributed by atoms with Crippen molar-refractivity contribution in [2.24, 2.45) is 0 Å². The van der Waals surface area contributed by atoms with Crippen LogP contribution in [0.2, 0.25) is 0 Å². The van der Waals surface area contributed by atoms with Gasteiger partial charge < -0.3 is 0 Å². The van der Waals surface area contributed by atoms with Crippen molar-refractivity contribution in [3.05, 3.63) is 485 Å². The smallest absolute Gasteiger partial charge is 0 e. The van der Waals surface area contributed by atoms with Crippen LogP contribution in [0.25, 0.3) is 0 Å². The Labute approximate surface area is 861 Å². The standard InChI is InChI=1S/8C13H13P.4Bi.4Pd.2H/c8*1-14(12-8-4-2-5-9-12)13-10-6-3-7-11-13;;;;;;;;;;/h8*2-11H,1H3;;;;;;;;;;/p+8. The summed E-state index contributed by atoms with van der Waals surface area (Å²) in [5.74, 6) is 0. The largest absolute Gasteiger partial charge is 0 e. The fraction of sp³-hybridized carbons (Fsp3) is 0.0769. The Bertz CT molecular complexity index is 3750. The van der Waals surface area contributed by atoms with Crippen molar-refractivity contribution in [1.82, 2.24) is 0 Å². The second-order valence-electron chi connectivity index (χ2n) is 26.9. The van der Waals surface area contributed by atoms with Gasteiger partial charge in [0.25, 0.3) is 0 Å². The van der Waals surface area contributed by atoms with Crippen LogP contribution in [0, 0.1) is 0 Å². The molecule has 16 heteroatoms. The topological polar surface area (TPSA) is 0 Å². The molecule has 0 unspecified atom stereocenters. The van der Waals surface area contributed by atoms with Gasteiger partial charge in [-0.15, -0.1) is 0 Å². The average Bonchev–Trinajstić information content (AvgIpc) is 0.918. The maximum Gasteiger partial charge on any atom is 0 e. The molecule has 0 aliphatic carbocycles. The van der Waals surface area contributed by atoms with E-state index < -0.39 is 63.4 Å². The van der Waals surface area contributed by atoms with Crippen LogP contribution in [-0.2, 0) is 81.7 Å². The maximum absolute atomic E-state index is 2.34. The first-order valence-corrected chi connectivity index (χ1v) is 54.6. The molecule has 0 aromatic heterocycles. The normalized spacial score (nSPS) is 9.73. The first kappa shape index (κ1) is 115. The van der Waals surface area contributed by atoms with E-state index in [-0.39, 0.29) is 187 Å². The Hall–Kier alpha value is -2.86. The molecule has 0 atom stereocenters. The minimum absolute atomic E-state index is 0. The summed E-state index contributed by atoms with van der Waals surface area (Å²) in [6.45, 7) is 18.7. The minimum atomic E-state index is -0.545. The predicted molar refractivity (Wildman–Crippen MR) is 557 cm³/mol. The fourth-order valence-corrected chi connectivity index (χ4v) is 26.1. The summed E-state index contributed by atoms with van der Waals surface area (Å²) in [6.07, 6.45) is 0. The van der Waals surface area contributed by atoms with E-state index in [1.165, 1.54) is 84.9 Å². The molecule has 0 N–H and O–H groups in total. The Balaban J connectivity index is 0.000000679. The molecule has 0 nitrogen and oxygen atoms in total. The molecule has 0 heterocycles. The third-order valence-electron chi connectivity index (χ3n) is 19.3. The third kappa shape index (κ3) is 41.9. The van der Waals surface area contributed by atoms with Gasteiger partial charge in [-0.05, 0) is 194 Å². The van der Waals surface area contributed by atoms with Crippen molar-refractivity contribution in [3.8, 4) is 0 Å². The van der Waals surface area contributed by atoms with Crippen molar-refractivity contribution in [2.75, 3.05) is 53.3 Å². The van der Waals surface area contributed by atoms with Gasteiger partial charge in [0.05, 0.1) is 202 Å². The number of benzene rings is 16. The molecule has 0 amide bonds. The SMILES string of the molecule is C[PH+](c1ccccc1)c1ccccc1.C[PH+](c1ccccc1)c1ccccc1.C[PH+](c1ccccc1)c1ccccc1.C[PH+](c1ccccc1)c1ccccc1.C[PH+](c1ccccc1)c1ccccc1.C[PH+](c1ccccc1)c1ccccc1.C[PH+](c1ccccc1)c1ccccc1.C[PH+](c1ccccc1)c1ccccc1.[BiH].[BiH].[Bi].[Bi].[Pd].[Pd].[Pd].[Pd]. The van der Waals surface area contributed by atoms with Crippen molar-refractivity contribution in [3.63, 3.8) is 0 Å². The summed E-state index contributed by atoms with van der Waals surface area (Å²) < 4.78 is 0. The average molecular weight is 2870 g/mol. The summed E-state index contributed by atoms with van der Waals surface area (Å²) in [4.78, 5) is 0. The number of hydrogen-bond donors (Lipinski definition) is 0. The first-order chi connectivity index (χ1) is 55.0. The van der Waals surface area contributed by atoms with E-state index in [0.29, 0.717) is 0 Å². The van der Waals surface area contributed by atoms with E-state index in [1.54, 1.807) is 0 Å². The Kier molecular flexibility index (Phi) is 66.4. The summed E-state index contributed by atoms with van der Waals surface area (Å²) in [5.41, 5.74) is 0. The van der Waals surface area contributed by atoms with Crippen LogP contribution in [0.5, 0.6) is 0 Å². The zero-order chi connectivity index (χ0) is 78.4. The van der Waals surface area contributed by atoms with Gasteiger partial charge in [0.1, 0.15) is 0 Å². The predicted octanol–water partition coefficient (Wildman–Crippen LogP) is 17.8. The van der Waals surface area contributed by atoms with Gasteiger partial charge in [0.2, 0.25) is 0 Å². The van der Waals surface area contributed by atoms with Gasteiger partial charge in [0.15, 0.2) is 0 Å². The van der Waals surface area contributed by atoms with Crippen molar-refractivity contribution in [2.45, 2.75) is 0 Å². The molecule has 120 heavy (non-hydrogen) atoms. The van der Waals surface area contributed by atoms with Gasteiger partial charge in [-0.2, -0.15) is 0 Å². The molecule has 622 valence electrons. The number of hydrogen-bond acceptors (Lipinski definition) is 0. The monoisotopic (exact) mass is 2870 g/mol. The molecule has 0 saturated carbocycles. The molecule has 0 aliphatic rings. The summed E-state index contributed by atoms with van der Waals surface area (Å²) in [7, 11) is -4.36. The molecule has 10 radical (unpaired) electrons. The van der Waals surface area contributed by atoms with Crippen LogP contribution in [0.1, 0.15) is 0 Å². The molecule has 0 bridgehead atoms. The first-order valence-electron chi connectivity index (χ1n) is 38.6. The molecular formula is C104H114Bi4P8Pd4+8. The molecular weight excluding hydrogens is 2760 g/mol. The maximum atomic E-state index is 2.34.